The van der Waals surface area contributed by atoms with E-state index >= 15 is 0 Å². The van der Waals surface area contributed by atoms with E-state index in [-0.39, 0.29) is 30.1 Å². The van der Waals surface area contributed by atoms with E-state index in [4.69, 9.17) is 4.74 Å². The van der Waals surface area contributed by atoms with Crippen molar-refractivity contribution < 1.29 is 14.1 Å². The highest BCUT2D eigenvalue weighted by Crippen LogP contribution is 2.54. The van der Waals surface area contributed by atoms with Gasteiger partial charge in [-0.1, -0.05) is 74.5 Å². The Hall–Kier alpha value is -1.86. The van der Waals surface area contributed by atoms with Crippen molar-refractivity contribution >= 4 is 23.7 Å². The molecular formula is C19H21O3P. The summed E-state index contributed by atoms with van der Waals surface area (Å²) in [7, 11) is -2.96. The van der Waals surface area contributed by atoms with Crippen LogP contribution < -0.4 is 10.6 Å². The van der Waals surface area contributed by atoms with Crippen LogP contribution in [-0.2, 0) is 14.1 Å². The molecule has 2 aromatic carbocycles. The summed E-state index contributed by atoms with van der Waals surface area (Å²) in [6.07, 6.45) is -0.0991. The number of esters is 1. The molecule has 0 aromatic heterocycles. The molecule has 120 valence electrons. The van der Waals surface area contributed by atoms with Crippen molar-refractivity contribution in [1.29, 1.82) is 0 Å². The molecule has 0 bridgehead atoms. The molecule has 0 saturated carbocycles. The summed E-state index contributed by atoms with van der Waals surface area (Å²) >= 11 is 0. The van der Waals surface area contributed by atoms with Gasteiger partial charge in [0.1, 0.15) is 13.2 Å². The minimum atomic E-state index is -2.96. The monoisotopic (exact) mass is 328 g/mol. The molecule has 2 atom stereocenters. The first-order valence-corrected chi connectivity index (χ1v) is 9.71. The lowest BCUT2D eigenvalue weighted by Crippen LogP contribution is -2.34. The Labute approximate surface area is 137 Å². The first-order valence-electron chi connectivity index (χ1n) is 7.94. The van der Waals surface area contributed by atoms with Crippen LogP contribution in [0, 0.1) is 5.92 Å². The fraction of sp³-hybridized carbons (Fsp3) is 0.316. The second-order valence-electron chi connectivity index (χ2n) is 6.30. The normalized spacial score (nSPS) is 21.4. The van der Waals surface area contributed by atoms with E-state index in [1.807, 2.05) is 74.5 Å². The topological polar surface area (TPSA) is 43.4 Å². The van der Waals surface area contributed by atoms with Gasteiger partial charge in [0.2, 0.25) is 0 Å². The van der Waals surface area contributed by atoms with Gasteiger partial charge in [-0.25, -0.2) is 0 Å². The molecule has 3 nitrogen and oxygen atoms in total. The first-order chi connectivity index (χ1) is 11.0. The summed E-state index contributed by atoms with van der Waals surface area (Å²) in [5.74, 6) is -0.118. The van der Waals surface area contributed by atoms with Gasteiger partial charge in [-0.2, -0.15) is 0 Å². The van der Waals surface area contributed by atoms with Crippen LogP contribution in [0.2, 0.25) is 0 Å². The number of cyclic esters (lactones) is 1. The number of ether oxygens (including phenoxy) is 1. The van der Waals surface area contributed by atoms with Gasteiger partial charge >= 0.3 is 5.97 Å². The molecule has 3 rings (SSSR count). The van der Waals surface area contributed by atoms with Gasteiger partial charge in [-0.05, 0) is 5.92 Å². The maximum atomic E-state index is 14.2. The lowest BCUT2D eigenvalue weighted by molar-refractivity contribution is -0.142. The van der Waals surface area contributed by atoms with Gasteiger partial charge in [-0.3, -0.25) is 4.79 Å². The minimum absolute atomic E-state index is 0.132. The van der Waals surface area contributed by atoms with Crippen LogP contribution in [0.4, 0.5) is 0 Å². The van der Waals surface area contributed by atoms with Crippen molar-refractivity contribution in [3.05, 3.63) is 60.7 Å². The molecule has 1 fully saturated rings. The molecule has 1 aliphatic rings. The van der Waals surface area contributed by atoms with E-state index < -0.39 is 7.14 Å². The summed E-state index contributed by atoms with van der Waals surface area (Å²) < 4.78 is 19.8. The third kappa shape index (κ3) is 2.86. The fourth-order valence-electron chi connectivity index (χ4n) is 3.31. The molecule has 23 heavy (non-hydrogen) atoms. The molecule has 0 unspecified atom stereocenters. The van der Waals surface area contributed by atoms with E-state index in [9.17, 15) is 9.36 Å². The average Bonchev–Trinajstić information content (AvgIpc) is 2.98. The third-order valence-electron chi connectivity index (χ3n) is 4.43. The summed E-state index contributed by atoms with van der Waals surface area (Å²) in [6.45, 7) is 4.02. The highest BCUT2D eigenvalue weighted by Gasteiger charge is 2.49. The quantitative estimate of drug-likeness (QED) is 0.639. The predicted octanol–water partition coefficient (Wildman–Crippen LogP) is 3.34. The largest absolute Gasteiger partial charge is 0.461 e. The third-order valence-corrected chi connectivity index (χ3v) is 7.97. The number of benzene rings is 2. The van der Waals surface area contributed by atoms with Crippen molar-refractivity contribution in [2.45, 2.75) is 32.0 Å². The molecule has 0 amide bonds. The number of carbonyl (C=O) groups is 1. The van der Waals surface area contributed by atoms with E-state index in [1.54, 1.807) is 0 Å². The maximum absolute atomic E-state index is 14.2. The molecule has 2 aromatic rings. The van der Waals surface area contributed by atoms with Crippen molar-refractivity contribution in [3.63, 3.8) is 0 Å². The molecule has 0 aliphatic carbocycles. The van der Waals surface area contributed by atoms with Gasteiger partial charge in [0.15, 0.2) is 0 Å². The zero-order valence-corrected chi connectivity index (χ0v) is 14.3. The molecule has 0 spiro atoms. The zero-order chi connectivity index (χ0) is 16.4. The van der Waals surface area contributed by atoms with Gasteiger partial charge < -0.3 is 9.30 Å². The van der Waals surface area contributed by atoms with Gasteiger partial charge in [0, 0.05) is 10.6 Å². The molecule has 0 N–H and O–H groups in total. The highest BCUT2D eigenvalue weighted by atomic mass is 31.2. The van der Waals surface area contributed by atoms with Crippen molar-refractivity contribution in [3.8, 4) is 0 Å². The summed E-state index contributed by atoms with van der Waals surface area (Å²) in [4.78, 5) is 11.9. The number of carbonyl (C=O) groups excluding carboxylic acids is 1. The Balaban J connectivity index is 2.17. The second kappa shape index (κ2) is 6.33. The number of hydrogen-bond donors (Lipinski definition) is 0. The van der Waals surface area contributed by atoms with Crippen LogP contribution in [0.15, 0.2) is 60.7 Å². The summed E-state index contributed by atoms with van der Waals surface area (Å²) in [5.41, 5.74) is -0.306. The van der Waals surface area contributed by atoms with Crippen LogP contribution in [0.1, 0.15) is 20.3 Å². The molecule has 1 aliphatic heterocycles. The van der Waals surface area contributed by atoms with E-state index in [0.29, 0.717) is 0 Å². The Kier molecular flexibility index (Phi) is 4.41. The number of rotatable bonds is 4. The predicted molar refractivity (Wildman–Crippen MR) is 92.9 cm³/mol. The van der Waals surface area contributed by atoms with Gasteiger partial charge in [-0.15, -0.1) is 0 Å². The lowest BCUT2D eigenvalue weighted by Gasteiger charge is -2.30. The second-order valence-corrected chi connectivity index (χ2v) is 9.31. The van der Waals surface area contributed by atoms with Crippen LogP contribution in [0.3, 0.4) is 0 Å². The number of hydrogen-bond acceptors (Lipinski definition) is 3. The average molecular weight is 328 g/mol. The van der Waals surface area contributed by atoms with Crippen molar-refractivity contribution in [2.24, 2.45) is 5.92 Å². The van der Waals surface area contributed by atoms with Crippen molar-refractivity contribution in [2.75, 3.05) is 0 Å². The van der Waals surface area contributed by atoms with Crippen LogP contribution in [-0.4, -0.2) is 17.7 Å². The molecule has 4 heteroatoms. The molecule has 1 heterocycles. The minimum Gasteiger partial charge on any atom is -0.461 e. The highest BCUT2D eigenvalue weighted by molar-refractivity contribution is 7.79. The van der Waals surface area contributed by atoms with Crippen LogP contribution in [0.25, 0.3) is 0 Å². The fourth-order valence-corrected chi connectivity index (χ4v) is 6.83. The summed E-state index contributed by atoms with van der Waals surface area (Å²) in [6, 6.07) is 19.0. The SMILES string of the molecule is CC(C)[C@H]1OC(=O)C[C@H]1P(=O)(c1ccccc1)c1ccccc1. The van der Waals surface area contributed by atoms with E-state index in [2.05, 4.69) is 0 Å². The molecule has 1 saturated heterocycles. The van der Waals surface area contributed by atoms with Gasteiger partial charge in [0.05, 0.1) is 12.1 Å². The maximum Gasteiger partial charge on any atom is 0.307 e. The van der Waals surface area contributed by atoms with E-state index in [1.165, 1.54) is 0 Å². The zero-order valence-electron chi connectivity index (χ0n) is 13.4. The van der Waals surface area contributed by atoms with Crippen molar-refractivity contribution in [1.82, 2.24) is 0 Å². The van der Waals surface area contributed by atoms with Crippen LogP contribution >= 0.6 is 7.14 Å². The summed E-state index contributed by atoms with van der Waals surface area (Å²) in [5, 5.41) is 1.58. The smallest absolute Gasteiger partial charge is 0.307 e. The first kappa shape index (κ1) is 16.0. The Morgan fingerprint density at radius 3 is 1.87 bits per heavy atom. The molecular weight excluding hydrogens is 307 g/mol. The van der Waals surface area contributed by atoms with E-state index in [0.717, 1.165) is 10.6 Å². The molecule has 0 radical (unpaired) electrons. The van der Waals surface area contributed by atoms with Crippen LogP contribution in [0.5, 0.6) is 0 Å². The lowest BCUT2D eigenvalue weighted by atomic mass is 10.0. The Morgan fingerprint density at radius 1 is 0.957 bits per heavy atom. The standard InChI is InChI=1S/C19H21O3P/c1-14(2)19-17(13-18(20)22-19)23(21,15-9-5-3-6-10-15)16-11-7-4-8-12-16/h3-12,14,17,19H,13H2,1-2H3/t17-,19-/m1/s1. The Bertz CT molecular complexity index is 681. The Morgan fingerprint density at radius 2 is 1.43 bits per heavy atom. The van der Waals surface area contributed by atoms with Gasteiger partial charge in [0.25, 0.3) is 0 Å².